The number of carbonyl (C=O) groups is 1. The van der Waals surface area contributed by atoms with E-state index in [1.54, 1.807) is 4.90 Å². The van der Waals surface area contributed by atoms with Crippen LogP contribution in [0, 0.1) is 10.1 Å². The Morgan fingerprint density at radius 3 is 3.00 bits per heavy atom. The molecule has 2 aliphatic rings. The second-order valence-corrected chi connectivity index (χ2v) is 5.73. The summed E-state index contributed by atoms with van der Waals surface area (Å²) in [6, 6.07) is 4.02. The standard InChI is InChI=1S/C14H15ClN2O4/c15-11-5-4-9(17(19)20)8-10(11)14(18)16-6-7-21-13-3-1-2-12(13)16/h4-5,8,12-13H,1-3,6-7H2. The number of hydrogen-bond acceptors (Lipinski definition) is 4. The van der Waals surface area contributed by atoms with Gasteiger partial charge in [-0.15, -0.1) is 0 Å². The molecule has 1 saturated carbocycles. The van der Waals surface area contributed by atoms with E-state index < -0.39 is 4.92 Å². The van der Waals surface area contributed by atoms with Gasteiger partial charge in [-0.3, -0.25) is 14.9 Å². The van der Waals surface area contributed by atoms with Crippen molar-refractivity contribution >= 4 is 23.2 Å². The zero-order valence-corrected chi connectivity index (χ0v) is 12.1. The van der Waals surface area contributed by atoms with Gasteiger partial charge >= 0.3 is 0 Å². The first-order chi connectivity index (χ1) is 10.1. The third-order valence-corrected chi connectivity index (χ3v) is 4.46. The second kappa shape index (κ2) is 5.61. The molecule has 112 valence electrons. The highest BCUT2D eigenvalue weighted by atomic mass is 35.5. The van der Waals surface area contributed by atoms with E-state index in [2.05, 4.69) is 0 Å². The minimum absolute atomic E-state index is 0.0570. The molecule has 0 N–H and O–H groups in total. The largest absolute Gasteiger partial charge is 0.374 e. The summed E-state index contributed by atoms with van der Waals surface area (Å²) in [4.78, 5) is 24.8. The van der Waals surface area contributed by atoms with Crippen molar-refractivity contribution in [2.75, 3.05) is 13.2 Å². The maximum Gasteiger partial charge on any atom is 0.270 e. The molecule has 2 atom stereocenters. The average molecular weight is 311 g/mol. The van der Waals surface area contributed by atoms with Gasteiger partial charge in [0.2, 0.25) is 0 Å². The molecular weight excluding hydrogens is 296 g/mol. The van der Waals surface area contributed by atoms with Crippen LogP contribution in [0.5, 0.6) is 0 Å². The fourth-order valence-corrected chi connectivity index (χ4v) is 3.32. The van der Waals surface area contributed by atoms with E-state index in [-0.39, 0.29) is 34.3 Å². The van der Waals surface area contributed by atoms with Crippen LogP contribution in [-0.4, -0.2) is 41.0 Å². The van der Waals surface area contributed by atoms with Crippen LogP contribution in [-0.2, 0) is 4.74 Å². The lowest BCUT2D eigenvalue weighted by atomic mass is 10.1. The number of halogens is 1. The topological polar surface area (TPSA) is 72.7 Å². The highest BCUT2D eigenvalue weighted by Gasteiger charge is 2.39. The van der Waals surface area contributed by atoms with Gasteiger partial charge in [-0.05, 0) is 25.3 Å². The third kappa shape index (κ3) is 2.61. The minimum Gasteiger partial charge on any atom is -0.374 e. The Morgan fingerprint density at radius 1 is 1.43 bits per heavy atom. The average Bonchev–Trinajstić information content (AvgIpc) is 2.95. The van der Waals surface area contributed by atoms with E-state index in [9.17, 15) is 14.9 Å². The predicted octanol–water partition coefficient (Wildman–Crippen LogP) is 2.64. The fourth-order valence-electron chi connectivity index (χ4n) is 3.12. The lowest BCUT2D eigenvalue weighted by Crippen LogP contribution is -2.51. The first-order valence-corrected chi connectivity index (χ1v) is 7.32. The molecule has 1 aliphatic heterocycles. The predicted molar refractivity (Wildman–Crippen MR) is 76.5 cm³/mol. The number of ether oxygens (including phenoxy) is 1. The van der Waals surface area contributed by atoms with Crippen LogP contribution in [0.2, 0.25) is 5.02 Å². The minimum atomic E-state index is -0.523. The maximum absolute atomic E-state index is 12.7. The Hall–Kier alpha value is -1.66. The van der Waals surface area contributed by atoms with E-state index in [0.29, 0.717) is 13.2 Å². The number of fused-ring (bicyclic) bond motifs is 1. The van der Waals surface area contributed by atoms with Gasteiger partial charge in [0.25, 0.3) is 11.6 Å². The van der Waals surface area contributed by atoms with Crippen molar-refractivity contribution in [3.05, 3.63) is 38.9 Å². The van der Waals surface area contributed by atoms with E-state index >= 15 is 0 Å². The van der Waals surface area contributed by atoms with E-state index in [1.807, 2.05) is 0 Å². The van der Waals surface area contributed by atoms with Crippen LogP contribution < -0.4 is 0 Å². The number of benzene rings is 1. The van der Waals surface area contributed by atoms with E-state index in [1.165, 1.54) is 18.2 Å². The van der Waals surface area contributed by atoms with Gasteiger partial charge in [0.1, 0.15) is 0 Å². The number of morpholine rings is 1. The zero-order chi connectivity index (χ0) is 15.0. The number of nitro benzene ring substituents is 1. The van der Waals surface area contributed by atoms with Crippen LogP contribution in [0.25, 0.3) is 0 Å². The molecule has 3 rings (SSSR count). The molecule has 1 amide bonds. The molecule has 0 spiro atoms. The van der Waals surface area contributed by atoms with Crippen LogP contribution in [0.1, 0.15) is 29.6 Å². The summed E-state index contributed by atoms with van der Waals surface area (Å²) in [6.45, 7) is 0.998. The highest BCUT2D eigenvalue weighted by molar-refractivity contribution is 6.33. The van der Waals surface area contributed by atoms with Crippen LogP contribution in [0.3, 0.4) is 0 Å². The molecule has 0 bridgehead atoms. The van der Waals surface area contributed by atoms with Crippen LogP contribution >= 0.6 is 11.6 Å². The Bertz CT molecular complexity index is 592. The molecular formula is C14H15ClN2O4. The number of amides is 1. The Kier molecular flexibility index (Phi) is 3.82. The molecule has 0 radical (unpaired) electrons. The van der Waals surface area contributed by atoms with Gasteiger partial charge < -0.3 is 9.64 Å². The summed E-state index contributed by atoms with van der Waals surface area (Å²) >= 11 is 6.06. The zero-order valence-electron chi connectivity index (χ0n) is 11.3. The smallest absolute Gasteiger partial charge is 0.270 e. The maximum atomic E-state index is 12.7. The number of carbonyl (C=O) groups excluding carboxylic acids is 1. The van der Waals surface area contributed by atoms with Crippen molar-refractivity contribution in [2.24, 2.45) is 0 Å². The Labute approximate surface area is 126 Å². The summed E-state index contributed by atoms with van der Waals surface area (Å²) in [5.41, 5.74) is 0.0670. The lowest BCUT2D eigenvalue weighted by molar-refractivity contribution is -0.384. The van der Waals surface area contributed by atoms with Gasteiger partial charge in [0, 0.05) is 18.7 Å². The second-order valence-electron chi connectivity index (χ2n) is 5.33. The van der Waals surface area contributed by atoms with Crippen molar-refractivity contribution in [3.8, 4) is 0 Å². The monoisotopic (exact) mass is 310 g/mol. The van der Waals surface area contributed by atoms with Crippen molar-refractivity contribution in [1.29, 1.82) is 0 Å². The summed E-state index contributed by atoms with van der Waals surface area (Å²) in [5.74, 6) is -0.246. The molecule has 1 aliphatic carbocycles. The summed E-state index contributed by atoms with van der Waals surface area (Å²) in [6.07, 6.45) is 2.97. The number of rotatable bonds is 2. The summed E-state index contributed by atoms with van der Waals surface area (Å²) in [5, 5.41) is 11.1. The molecule has 7 heteroatoms. The molecule has 21 heavy (non-hydrogen) atoms. The number of hydrogen-bond donors (Lipinski definition) is 0. The SMILES string of the molecule is O=C(c1cc([N+](=O)[O-])ccc1Cl)N1CCOC2CCCC21. The van der Waals surface area contributed by atoms with Crippen molar-refractivity contribution < 1.29 is 14.5 Å². The molecule has 1 aromatic rings. The highest BCUT2D eigenvalue weighted by Crippen LogP contribution is 2.32. The summed E-state index contributed by atoms with van der Waals surface area (Å²) in [7, 11) is 0. The van der Waals surface area contributed by atoms with Crippen LogP contribution in [0.4, 0.5) is 5.69 Å². The van der Waals surface area contributed by atoms with Gasteiger partial charge in [-0.2, -0.15) is 0 Å². The van der Waals surface area contributed by atoms with E-state index in [0.717, 1.165) is 19.3 Å². The normalized spacial score (nSPS) is 24.7. The quantitative estimate of drug-likeness (QED) is 0.622. The van der Waals surface area contributed by atoms with Gasteiger partial charge in [-0.25, -0.2) is 0 Å². The van der Waals surface area contributed by atoms with E-state index in [4.69, 9.17) is 16.3 Å². The first kappa shape index (κ1) is 14.3. The molecule has 0 aromatic heterocycles. The molecule has 6 nitrogen and oxygen atoms in total. The summed E-state index contributed by atoms with van der Waals surface area (Å²) < 4.78 is 5.68. The fraction of sp³-hybridized carbons (Fsp3) is 0.500. The molecule has 1 aromatic carbocycles. The number of nitro groups is 1. The molecule has 1 heterocycles. The van der Waals surface area contributed by atoms with Gasteiger partial charge in [0.15, 0.2) is 0 Å². The molecule has 1 saturated heterocycles. The molecule has 2 unspecified atom stereocenters. The first-order valence-electron chi connectivity index (χ1n) is 6.94. The van der Waals surface area contributed by atoms with Crippen LogP contribution in [0.15, 0.2) is 18.2 Å². The van der Waals surface area contributed by atoms with Crippen molar-refractivity contribution in [3.63, 3.8) is 0 Å². The number of non-ortho nitro benzene ring substituents is 1. The third-order valence-electron chi connectivity index (χ3n) is 4.13. The Morgan fingerprint density at radius 2 is 2.24 bits per heavy atom. The van der Waals surface area contributed by atoms with Crippen molar-refractivity contribution in [2.45, 2.75) is 31.4 Å². The van der Waals surface area contributed by atoms with Crippen molar-refractivity contribution in [1.82, 2.24) is 4.90 Å². The number of nitrogens with zero attached hydrogens (tertiary/aromatic N) is 2. The molecule has 2 fully saturated rings. The Balaban J connectivity index is 1.90. The van der Waals surface area contributed by atoms with Gasteiger partial charge in [-0.1, -0.05) is 11.6 Å². The lowest BCUT2D eigenvalue weighted by Gasteiger charge is -2.37. The van der Waals surface area contributed by atoms with Gasteiger partial charge in [0.05, 0.1) is 34.3 Å².